The molecule has 2 fully saturated rings. The summed E-state index contributed by atoms with van der Waals surface area (Å²) < 4.78 is 0. The molecule has 2 saturated heterocycles. The fourth-order valence-corrected chi connectivity index (χ4v) is 2.99. The van der Waals surface area contributed by atoms with E-state index in [-0.39, 0.29) is 23.9 Å². The summed E-state index contributed by atoms with van der Waals surface area (Å²) in [5, 5.41) is 12.3. The van der Waals surface area contributed by atoms with Crippen LogP contribution in [0, 0.1) is 5.92 Å². The van der Waals surface area contributed by atoms with Crippen molar-refractivity contribution < 1.29 is 14.7 Å². The van der Waals surface area contributed by atoms with Crippen LogP contribution in [-0.4, -0.2) is 47.1 Å². The molecule has 102 valence electrons. The predicted molar refractivity (Wildman–Crippen MR) is 67.2 cm³/mol. The van der Waals surface area contributed by atoms with Crippen LogP contribution in [0.5, 0.6) is 0 Å². The second kappa shape index (κ2) is 5.69. The lowest BCUT2D eigenvalue weighted by molar-refractivity contribution is -0.148. The minimum absolute atomic E-state index is 0.0380. The second-order valence-electron chi connectivity index (χ2n) is 5.44. The minimum atomic E-state index is -0.732. The Bertz CT molecular complexity index is 326. The number of hydrogen-bond acceptors (Lipinski definition) is 3. The molecule has 2 unspecified atom stereocenters. The monoisotopic (exact) mass is 254 g/mol. The number of likely N-dealkylation sites (tertiary alicyclic amines) is 1. The third-order valence-corrected chi connectivity index (χ3v) is 4.12. The quantitative estimate of drug-likeness (QED) is 0.766. The summed E-state index contributed by atoms with van der Waals surface area (Å²) in [5.41, 5.74) is 0. The van der Waals surface area contributed by atoms with Gasteiger partial charge in [0.1, 0.15) is 0 Å². The van der Waals surface area contributed by atoms with Crippen LogP contribution in [0.25, 0.3) is 0 Å². The van der Waals surface area contributed by atoms with Gasteiger partial charge in [0, 0.05) is 12.6 Å². The van der Waals surface area contributed by atoms with Crippen molar-refractivity contribution in [3.63, 3.8) is 0 Å². The standard InChI is InChI=1S/C13H22N2O3/c1-9-8-10(13(17)18)5-7-15(9)12(16)11-4-2-3-6-14-11/h9-11,14H,2-8H2,1H3,(H,17,18)/t9?,10?,11-/m0/s1. The van der Waals surface area contributed by atoms with E-state index in [0.717, 1.165) is 25.8 Å². The van der Waals surface area contributed by atoms with Gasteiger partial charge in [-0.2, -0.15) is 0 Å². The lowest BCUT2D eigenvalue weighted by Gasteiger charge is -2.39. The van der Waals surface area contributed by atoms with Gasteiger partial charge in [0.25, 0.3) is 0 Å². The number of hydrogen-bond donors (Lipinski definition) is 2. The van der Waals surface area contributed by atoms with Crippen molar-refractivity contribution in [3.8, 4) is 0 Å². The SMILES string of the molecule is CC1CC(C(=O)O)CCN1C(=O)[C@@H]1CCCCN1. The molecule has 2 N–H and O–H groups in total. The number of carbonyl (C=O) groups excluding carboxylic acids is 1. The molecule has 2 heterocycles. The van der Waals surface area contributed by atoms with Crippen molar-refractivity contribution in [2.24, 2.45) is 5.92 Å². The third-order valence-electron chi connectivity index (χ3n) is 4.12. The number of rotatable bonds is 2. The highest BCUT2D eigenvalue weighted by Crippen LogP contribution is 2.24. The molecule has 0 spiro atoms. The van der Waals surface area contributed by atoms with Crippen molar-refractivity contribution >= 4 is 11.9 Å². The Hall–Kier alpha value is -1.10. The first-order chi connectivity index (χ1) is 8.59. The van der Waals surface area contributed by atoms with E-state index in [1.165, 1.54) is 0 Å². The molecule has 0 radical (unpaired) electrons. The maximum absolute atomic E-state index is 12.4. The summed E-state index contributed by atoms with van der Waals surface area (Å²) in [6.45, 7) is 3.45. The zero-order valence-electron chi connectivity index (χ0n) is 10.9. The molecular formula is C13H22N2O3. The van der Waals surface area contributed by atoms with Gasteiger partial charge in [-0.15, -0.1) is 0 Å². The number of carboxylic acids is 1. The zero-order chi connectivity index (χ0) is 13.1. The molecule has 3 atom stereocenters. The van der Waals surface area contributed by atoms with Crippen molar-refractivity contribution in [2.45, 2.75) is 51.1 Å². The number of carbonyl (C=O) groups is 2. The van der Waals surface area contributed by atoms with Gasteiger partial charge >= 0.3 is 5.97 Å². The summed E-state index contributed by atoms with van der Waals surface area (Å²) in [7, 11) is 0. The Balaban J connectivity index is 1.93. The van der Waals surface area contributed by atoms with Gasteiger partial charge in [-0.3, -0.25) is 9.59 Å². The minimum Gasteiger partial charge on any atom is -0.481 e. The lowest BCUT2D eigenvalue weighted by atomic mass is 9.90. The van der Waals surface area contributed by atoms with Gasteiger partial charge in [-0.25, -0.2) is 0 Å². The molecular weight excluding hydrogens is 232 g/mol. The topological polar surface area (TPSA) is 69.6 Å². The number of amides is 1. The Kier molecular flexibility index (Phi) is 4.22. The molecule has 0 saturated carbocycles. The van der Waals surface area contributed by atoms with E-state index in [4.69, 9.17) is 5.11 Å². The Labute approximate surface area is 108 Å². The summed E-state index contributed by atoms with van der Waals surface area (Å²) >= 11 is 0. The van der Waals surface area contributed by atoms with Gasteiger partial charge < -0.3 is 15.3 Å². The first-order valence-corrected chi connectivity index (χ1v) is 6.86. The average molecular weight is 254 g/mol. The molecule has 0 aromatic heterocycles. The van der Waals surface area contributed by atoms with Crippen LogP contribution in [0.3, 0.4) is 0 Å². The molecule has 2 aliphatic rings. The molecule has 0 bridgehead atoms. The molecule has 5 heteroatoms. The van der Waals surface area contributed by atoms with E-state index >= 15 is 0 Å². The first-order valence-electron chi connectivity index (χ1n) is 6.86. The largest absolute Gasteiger partial charge is 0.481 e. The van der Waals surface area contributed by atoms with Crippen LogP contribution >= 0.6 is 0 Å². The van der Waals surface area contributed by atoms with E-state index in [0.29, 0.717) is 19.4 Å². The van der Waals surface area contributed by atoms with E-state index in [9.17, 15) is 9.59 Å². The molecule has 1 amide bonds. The summed E-state index contributed by atoms with van der Waals surface area (Å²) in [4.78, 5) is 25.2. The molecule has 0 aliphatic carbocycles. The maximum Gasteiger partial charge on any atom is 0.306 e. The van der Waals surface area contributed by atoms with Crippen molar-refractivity contribution in [3.05, 3.63) is 0 Å². The molecule has 5 nitrogen and oxygen atoms in total. The number of nitrogens with one attached hydrogen (secondary N) is 1. The maximum atomic E-state index is 12.4. The van der Waals surface area contributed by atoms with Gasteiger partial charge in [0.2, 0.25) is 5.91 Å². The smallest absolute Gasteiger partial charge is 0.306 e. The number of carboxylic acid groups (broad SMARTS) is 1. The average Bonchev–Trinajstić information content (AvgIpc) is 2.38. The van der Waals surface area contributed by atoms with Crippen molar-refractivity contribution in [1.82, 2.24) is 10.2 Å². The highest BCUT2D eigenvalue weighted by atomic mass is 16.4. The molecule has 18 heavy (non-hydrogen) atoms. The molecule has 2 rings (SSSR count). The van der Waals surface area contributed by atoms with Crippen LogP contribution < -0.4 is 5.32 Å². The highest BCUT2D eigenvalue weighted by molar-refractivity contribution is 5.82. The van der Waals surface area contributed by atoms with Crippen LogP contribution in [-0.2, 0) is 9.59 Å². The van der Waals surface area contributed by atoms with E-state index in [2.05, 4.69) is 5.32 Å². The second-order valence-corrected chi connectivity index (χ2v) is 5.44. The van der Waals surface area contributed by atoms with Gasteiger partial charge in [-0.1, -0.05) is 6.42 Å². The van der Waals surface area contributed by atoms with Crippen LogP contribution in [0.4, 0.5) is 0 Å². The van der Waals surface area contributed by atoms with Gasteiger partial charge in [-0.05, 0) is 39.2 Å². The van der Waals surface area contributed by atoms with E-state index in [1.54, 1.807) is 0 Å². The Morgan fingerprint density at radius 2 is 2.06 bits per heavy atom. The summed E-state index contributed by atoms with van der Waals surface area (Å²) in [6.07, 6.45) is 4.31. The van der Waals surface area contributed by atoms with Gasteiger partial charge in [0.15, 0.2) is 0 Å². The van der Waals surface area contributed by atoms with Crippen LogP contribution in [0.1, 0.15) is 39.0 Å². The fraction of sp³-hybridized carbons (Fsp3) is 0.846. The van der Waals surface area contributed by atoms with E-state index < -0.39 is 5.97 Å². The van der Waals surface area contributed by atoms with Gasteiger partial charge in [0.05, 0.1) is 12.0 Å². The molecule has 2 aliphatic heterocycles. The van der Waals surface area contributed by atoms with Crippen molar-refractivity contribution in [1.29, 1.82) is 0 Å². The first kappa shape index (κ1) is 13.3. The summed E-state index contributed by atoms with van der Waals surface area (Å²) in [5.74, 6) is -0.862. The molecule has 0 aromatic rings. The number of piperidine rings is 2. The lowest BCUT2D eigenvalue weighted by Crippen LogP contribution is -2.54. The summed E-state index contributed by atoms with van der Waals surface area (Å²) in [6, 6.07) is -0.0151. The predicted octanol–water partition coefficient (Wildman–Crippen LogP) is 0.840. The Morgan fingerprint density at radius 3 is 2.61 bits per heavy atom. The van der Waals surface area contributed by atoms with Crippen LogP contribution in [0.15, 0.2) is 0 Å². The van der Waals surface area contributed by atoms with Crippen LogP contribution in [0.2, 0.25) is 0 Å². The zero-order valence-corrected chi connectivity index (χ0v) is 10.9. The Morgan fingerprint density at radius 1 is 1.28 bits per heavy atom. The highest BCUT2D eigenvalue weighted by Gasteiger charge is 2.35. The van der Waals surface area contributed by atoms with Crippen molar-refractivity contribution in [2.75, 3.05) is 13.1 Å². The number of aliphatic carboxylic acids is 1. The third kappa shape index (κ3) is 2.83. The van der Waals surface area contributed by atoms with E-state index in [1.807, 2.05) is 11.8 Å². The normalized spacial score (nSPS) is 33.2. The number of nitrogens with zero attached hydrogens (tertiary/aromatic N) is 1. The fourth-order valence-electron chi connectivity index (χ4n) is 2.99. The molecule has 0 aromatic carbocycles.